The average molecular weight is 343 g/mol. The van der Waals surface area contributed by atoms with Crippen molar-refractivity contribution in [1.29, 1.82) is 0 Å². The molecule has 0 aliphatic heterocycles. The molecule has 1 aromatic heterocycles. The van der Waals surface area contributed by atoms with Gasteiger partial charge in [-0.05, 0) is 58.7 Å². The maximum atomic E-state index is 12.5. The molecular formula is C20H29N3O2. The van der Waals surface area contributed by atoms with Gasteiger partial charge in [0.2, 0.25) is 0 Å². The van der Waals surface area contributed by atoms with Crippen molar-refractivity contribution in [3.05, 3.63) is 46.8 Å². The van der Waals surface area contributed by atoms with Gasteiger partial charge in [0, 0.05) is 12.2 Å². The summed E-state index contributed by atoms with van der Waals surface area (Å²) in [5.74, 6) is 0.628. The fourth-order valence-electron chi connectivity index (χ4n) is 2.73. The predicted octanol–water partition coefficient (Wildman–Crippen LogP) is 3.65. The second kappa shape index (κ2) is 8.19. The number of benzene rings is 1. The molecule has 1 amide bonds. The van der Waals surface area contributed by atoms with Gasteiger partial charge in [-0.1, -0.05) is 24.6 Å². The van der Waals surface area contributed by atoms with Crippen LogP contribution in [0.4, 0.5) is 0 Å². The highest BCUT2D eigenvalue weighted by Gasteiger charge is 2.20. The average Bonchev–Trinajstić information content (AvgIpc) is 2.86. The minimum Gasteiger partial charge on any atom is -0.481 e. The van der Waals surface area contributed by atoms with Crippen molar-refractivity contribution in [3.8, 4) is 5.75 Å². The minimum absolute atomic E-state index is 0.0896. The van der Waals surface area contributed by atoms with E-state index in [2.05, 4.69) is 31.2 Å². The summed E-state index contributed by atoms with van der Waals surface area (Å²) in [5, 5.41) is 7.56. The Bertz CT molecular complexity index is 719. The molecule has 0 saturated carbocycles. The van der Waals surface area contributed by atoms with Crippen molar-refractivity contribution in [2.75, 3.05) is 6.54 Å². The Labute approximate surface area is 150 Å². The smallest absolute Gasteiger partial charge is 0.261 e. The zero-order chi connectivity index (χ0) is 18.6. The highest BCUT2D eigenvalue weighted by Crippen LogP contribution is 2.17. The molecule has 0 unspecified atom stereocenters. The van der Waals surface area contributed by atoms with Crippen LogP contribution in [0.3, 0.4) is 0 Å². The Hall–Kier alpha value is -2.30. The summed E-state index contributed by atoms with van der Waals surface area (Å²) in [4.78, 5) is 12.5. The molecule has 0 aliphatic rings. The molecule has 5 nitrogen and oxygen atoms in total. The van der Waals surface area contributed by atoms with Crippen LogP contribution in [0.25, 0.3) is 0 Å². The summed E-state index contributed by atoms with van der Waals surface area (Å²) in [6.07, 6.45) is 0.129. The lowest BCUT2D eigenvalue weighted by Gasteiger charge is -2.20. The minimum atomic E-state index is -0.489. The van der Waals surface area contributed by atoms with Gasteiger partial charge in [-0.25, -0.2) is 0 Å². The summed E-state index contributed by atoms with van der Waals surface area (Å²) in [7, 11) is 0. The van der Waals surface area contributed by atoms with Gasteiger partial charge < -0.3 is 10.1 Å². The standard InChI is InChI=1S/C20H29N3O2/c1-7-19(25-18-10-8-13(2)9-11-18)20(24)21-12-14(3)23-17(6)15(4)16(5)22-23/h8-11,14,19H,7,12H2,1-6H3,(H,21,24)/t14-,19+/m0/s1. The molecule has 0 saturated heterocycles. The predicted molar refractivity (Wildman–Crippen MR) is 100 cm³/mol. The largest absolute Gasteiger partial charge is 0.481 e. The van der Waals surface area contributed by atoms with Gasteiger partial charge in [0.1, 0.15) is 5.75 Å². The lowest BCUT2D eigenvalue weighted by Crippen LogP contribution is -2.40. The van der Waals surface area contributed by atoms with Crippen LogP contribution < -0.4 is 10.1 Å². The van der Waals surface area contributed by atoms with E-state index >= 15 is 0 Å². The molecule has 2 aromatic rings. The first-order valence-corrected chi connectivity index (χ1v) is 8.86. The third-order valence-electron chi connectivity index (χ3n) is 4.64. The van der Waals surface area contributed by atoms with Crippen molar-refractivity contribution in [2.24, 2.45) is 0 Å². The second-order valence-corrected chi connectivity index (χ2v) is 6.66. The first kappa shape index (κ1) is 19.0. The van der Waals surface area contributed by atoms with Gasteiger partial charge in [-0.2, -0.15) is 5.10 Å². The van der Waals surface area contributed by atoms with Crippen LogP contribution >= 0.6 is 0 Å². The number of ether oxygens (including phenoxy) is 1. The second-order valence-electron chi connectivity index (χ2n) is 6.66. The third kappa shape index (κ3) is 4.62. The molecular weight excluding hydrogens is 314 g/mol. The van der Waals surface area contributed by atoms with Crippen LogP contribution in [-0.2, 0) is 4.79 Å². The SMILES string of the molecule is CC[C@@H](Oc1ccc(C)cc1)C(=O)NC[C@H](C)n1nc(C)c(C)c1C. The molecule has 0 radical (unpaired) electrons. The lowest BCUT2D eigenvalue weighted by molar-refractivity contribution is -0.128. The number of aryl methyl sites for hydroxylation is 2. The molecule has 0 bridgehead atoms. The van der Waals surface area contributed by atoms with Gasteiger partial charge in [-0.15, -0.1) is 0 Å². The van der Waals surface area contributed by atoms with Crippen LogP contribution in [0, 0.1) is 27.7 Å². The highest BCUT2D eigenvalue weighted by molar-refractivity contribution is 5.81. The maximum absolute atomic E-state index is 12.5. The topological polar surface area (TPSA) is 56.1 Å². The van der Waals surface area contributed by atoms with Crippen LogP contribution in [0.15, 0.2) is 24.3 Å². The number of carbonyl (C=O) groups excluding carboxylic acids is 1. The Morgan fingerprint density at radius 1 is 1.20 bits per heavy atom. The maximum Gasteiger partial charge on any atom is 0.261 e. The molecule has 1 heterocycles. The van der Waals surface area contributed by atoms with E-state index in [0.29, 0.717) is 13.0 Å². The Morgan fingerprint density at radius 3 is 2.36 bits per heavy atom. The summed E-state index contributed by atoms with van der Waals surface area (Å²) in [6.45, 7) is 12.7. The van der Waals surface area contributed by atoms with Gasteiger partial charge >= 0.3 is 0 Å². The fraction of sp³-hybridized carbons (Fsp3) is 0.500. The van der Waals surface area contributed by atoms with Gasteiger partial charge in [0.15, 0.2) is 6.10 Å². The molecule has 0 fully saturated rings. The first-order chi connectivity index (χ1) is 11.8. The molecule has 2 rings (SSSR count). The number of hydrogen-bond donors (Lipinski definition) is 1. The van der Waals surface area contributed by atoms with Gasteiger partial charge in [0.25, 0.3) is 5.91 Å². The normalized spacial score (nSPS) is 13.4. The number of hydrogen-bond acceptors (Lipinski definition) is 3. The molecule has 136 valence electrons. The van der Waals surface area contributed by atoms with Crippen molar-refractivity contribution in [1.82, 2.24) is 15.1 Å². The number of carbonyl (C=O) groups is 1. The van der Waals surface area contributed by atoms with Crippen LogP contribution in [0.5, 0.6) is 5.75 Å². The summed E-state index contributed by atoms with van der Waals surface area (Å²) >= 11 is 0. The number of nitrogens with one attached hydrogen (secondary N) is 1. The number of nitrogens with zero attached hydrogens (tertiary/aromatic N) is 2. The van der Waals surface area contributed by atoms with E-state index < -0.39 is 6.10 Å². The van der Waals surface area contributed by atoms with E-state index in [9.17, 15) is 4.79 Å². The molecule has 25 heavy (non-hydrogen) atoms. The molecule has 1 aromatic carbocycles. The van der Waals surface area contributed by atoms with E-state index in [0.717, 1.165) is 17.1 Å². The van der Waals surface area contributed by atoms with Crippen molar-refractivity contribution in [3.63, 3.8) is 0 Å². The van der Waals surface area contributed by atoms with Crippen molar-refractivity contribution < 1.29 is 9.53 Å². The summed E-state index contributed by atoms with van der Waals surface area (Å²) in [6, 6.07) is 7.84. The van der Waals surface area contributed by atoms with Crippen molar-refractivity contribution >= 4 is 5.91 Å². The third-order valence-corrected chi connectivity index (χ3v) is 4.64. The highest BCUT2D eigenvalue weighted by atomic mass is 16.5. The van der Waals surface area contributed by atoms with Crippen LogP contribution in [0.2, 0.25) is 0 Å². The Kier molecular flexibility index (Phi) is 6.23. The lowest BCUT2D eigenvalue weighted by atomic mass is 10.2. The van der Waals surface area contributed by atoms with Crippen LogP contribution in [-0.4, -0.2) is 28.3 Å². The van der Waals surface area contributed by atoms with E-state index in [4.69, 9.17) is 4.74 Å². The zero-order valence-corrected chi connectivity index (χ0v) is 16.1. The molecule has 5 heteroatoms. The van der Waals surface area contributed by atoms with E-state index in [1.807, 2.05) is 49.7 Å². The van der Waals surface area contributed by atoms with E-state index in [-0.39, 0.29) is 11.9 Å². The number of amides is 1. The number of rotatable bonds is 7. The summed E-state index contributed by atoms with van der Waals surface area (Å²) in [5.41, 5.74) is 4.54. The van der Waals surface area contributed by atoms with E-state index in [1.165, 1.54) is 11.1 Å². The van der Waals surface area contributed by atoms with Gasteiger partial charge in [-0.3, -0.25) is 9.48 Å². The zero-order valence-electron chi connectivity index (χ0n) is 16.1. The quantitative estimate of drug-likeness (QED) is 0.835. The first-order valence-electron chi connectivity index (χ1n) is 8.86. The summed E-state index contributed by atoms with van der Waals surface area (Å²) < 4.78 is 7.81. The molecule has 0 aliphatic carbocycles. The molecule has 0 spiro atoms. The Balaban J connectivity index is 1.94. The Morgan fingerprint density at radius 2 is 1.84 bits per heavy atom. The van der Waals surface area contributed by atoms with Crippen LogP contribution in [0.1, 0.15) is 48.8 Å². The molecule has 2 atom stereocenters. The van der Waals surface area contributed by atoms with E-state index in [1.54, 1.807) is 0 Å². The monoisotopic (exact) mass is 343 g/mol. The van der Waals surface area contributed by atoms with Gasteiger partial charge in [0.05, 0.1) is 11.7 Å². The fourth-order valence-corrected chi connectivity index (χ4v) is 2.73. The van der Waals surface area contributed by atoms with Crippen molar-refractivity contribution in [2.45, 2.75) is 60.1 Å². The number of aromatic nitrogens is 2. The molecule has 1 N–H and O–H groups in total.